The van der Waals surface area contributed by atoms with Gasteiger partial charge in [0.05, 0.1) is 0 Å². The van der Waals surface area contributed by atoms with Crippen molar-refractivity contribution in [3.8, 4) is 11.8 Å². The Morgan fingerprint density at radius 1 is 1.00 bits per heavy atom. The van der Waals surface area contributed by atoms with E-state index >= 15 is 0 Å². The van der Waals surface area contributed by atoms with E-state index < -0.39 is 0 Å². The second kappa shape index (κ2) is 7.22. The summed E-state index contributed by atoms with van der Waals surface area (Å²) in [5.74, 6) is 1.21. The third kappa shape index (κ3) is 4.04. The number of hydrogen-bond donors (Lipinski definition) is 0. The number of halogens is 1. The summed E-state index contributed by atoms with van der Waals surface area (Å²) in [5.41, 5.74) is 1.25. The summed E-state index contributed by atoms with van der Waals surface area (Å²) in [5, 5.41) is 0.132. The van der Waals surface area contributed by atoms with Gasteiger partial charge in [0.25, 0.3) is 0 Å². The monoisotopic (exact) mass is 306 g/mol. The SMILES string of the molecule is CCc1ccc(Oc2nc(Cl)nc(N(CC)CC)n2)cc1. The Labute approximate surface area is 130 Å². The second-order valence-electron chi connectivity index (χ2n) is 4.46. The van der Waals surface area contributed by atoms with E-state index in [0.29, 0.717) is 11.7 Å². The maximum Gasteiger partial charge on any atom is 0.328 e. The van der Waals surface area contributed by atoms with Crippen LogP contribution in [0.5, 0.6) is 11.8 Å². The van der Waals surface area contributed by atoms with Crippen LogP contribution in [0.3, 0.4) is 0 Å². The van der Waals surface area contributed by atoms with E-state index in [9.17, 15) is 0 Å². The van der Waals surface area contributed by atoms with Crippen molar-refractivity contribution in [2.75, 3.05) is 18.0 Å². The zero-order valence-electron chi connectivity index (χ0n) is 12.5. The Kier molecular flexibility index (Phi) is 5.33. The Balaban J connectivity index is 2.22. The molecule has 0 fully saturated rings. The number of hydrogen-bond acceptors (Lipinski definition) is 5. The molecule has 0 aliphatic carbocycles. The fourth-order valence-corrected chi connectivity index (χ4v) is 2.06. The quantitative estimate of drug-likeness (QED) is 0.814. The van der Waals surface area contributed by atoms with Crippen LogP contribution < -0.4 is 9.64 Å². The zero-order chi connectivity index (χ0) is 15.2. The molecule has 0 saturated heterocycles. The van der Waals surface area contributed by atoms with Crippen molar-refractivity contribution in [3.05, 3.63) is 35.1 Å². The molecule has 0 bridgehead atoms. The maximum atomic E-state index is 5.95. The van der Waals surface area contributed by atoms with Crippen molar-refractivity contribution < 1.29 is 4.74 Å². The van der Waals surface area contributed by atoms with Gasteiger partial charge in [-0.15, -0.1) is 0 Å². The molecular weight excluding hydrogens is 288 g/mol. The highest BCUT2D eigenvalue weighted by molar-refractivity contribution is 6.28. The molecule has 0 N–H and O–H groups in total. The van der Waals surface area contributed by atoms with Crippen LogP contribution in [0.15, 0.2) is 24.3 Å². The average molecular weight is 307 g/mol. The van der Waals surface area contributed by atoms with Crippen LogP contribution >= 0.6 is 11.6 Å². The molecule has 0 radical (unpaired) electrons. The van der Waals surface area contributed by atoms with Crippen LogP contribution in [0.25, 0.3) is 0 Å². The lowest BCUT2D eigenvalue weighted by Crippen LogP contribution is -2.24. The average Bonchev–Trinajstić information content (AvgIpc) is 2.49. The van der Waals surface area contributed by atoms with Gasteiger partial charge in [0.1, 0.15) is 5.75 Å². The molecule has 112 valence electrons. The summed E-state index contributed by atoms with van der Waals surface area (Å²) >= 11 is 5.95. The van der Waals surface area contributed by atoms with Gasteiger partial charge in [-0.05, 0) is 49.6 Å². The molecule has 2 aromatic rings. The van der Waals surface area contributed by atoms with Gasteiger partial charge in [-0.2, -0.15) is 15.0 Å². The Hall–Kier alpha value is -1.88. The van der Waals surface area contributed by atoms with Crippen LogP contribution in [0, 0.1) is 0 Å². The maximum absolute atomic E-state index is 5.95. The van der Waals surface area contributed by atoms with Crippen molar-refractivity contribution >= 4 is 17.5 Å². The largest absolute Gasteiger partial charge is 0.424 e. The molecule has 0 unspecified atom stereocenters. The van der Waals surface area contributed by atoms with Gasteiger partial charge in [0.2, 0.25) is 11.2 Å². The Morgan fingerprint density at radius 3 is 2.24 bits per heavy atom. The van der Waals surface area contributed by atoms with Gasteiger partial charge >= 0.3 is 6.01 Å². The molecule has 1 heterocycles. The number of benzene rings is 1. The summed E-state index contributed by atoms with van der Waals surface area (Å²) in [7, 11) is 0. The molecular formula is C15H19ClN4O. The minimum atomic E-state index is 0.132. The minimum absolute atomic E-state index is 0.132. The van der Waals surface area contributed by atoms with Crippen LogP contribution in [-0.2, 0) is 6.42 Å². The lowest BCUT2D eigenvalue weighted by molar-refractivity contribution is 0.439. The van der Waals surface area contributed by atoms with E-state index in [0.717, 1.165) is 19.5 Å². The normalized spacial score (nSPS) is 10.5. The number of rotatable bonds is 6. The van der Waals surface area contributed by atoms with Crippen molar-refractivity contribution in [1.29, 1.82) is 0 Å². The molecule has 5 nitrogen and oxygen atoms in total. The van der Waals surface area contributed by atoms with Crippen molar-refractivity contribution in [1.82, 2.24) is 15.0 Å². The zero-order valence-corrected chi connectivity index (χ0v) is 13.3. The summed E-state index contributed by atoms with van der Waals surface area (Å²) in [6, 6.07) is 8.04. The topological polar surface area (TPSA) is 51.1 Å². The van der Waals surface area contributed by atoms with E-state index in [-0.39, 0.29) is 11.3 Å². The Morgan fingerprint density at radius 2 is 1.67 bits per heavy atom. The van der Waals surface area contributed by atoms with E-state index in [2.05, 4.69) is 21.9 Å². The molecule has 0 atom stereocenters. The third-order valence-corrected chi connectivity index (χ3v) is 3.33. The summed E-state index contributed by atoms with van der Waals surface area (Å²) in [4.78, 5) is 14.4. The van der Waals surface area contributed by atoms with Crippen molar-refractivity contribution in [2.24, 2.45) is 0 Å². The molecule has 0 aliphatic rings. The van der Waals surface area contributed by atoms with Gasteiger partial charge in [-0.25, -0.2) is 0 Å². The predicted octanol–water partition coefficient (Wildman–Crippen LogP) is 3.73. The number of aromatic nitrogens is 3. The number of aryl methyl sites for hydroxylation is 1. The van der Waals surface area contributed by atoms with Crippen LogP contribution in [0.4, 0.5) is 5.95 Å². The van der Waals surface area contributed by atoms with Gasteiger partial charge in [-0.1, -0.05) is 19.1 Å². The second-order valence-corrected chi connectivity index (χ2v) is 4.80. The van der Waals surface area contributed by atoms with E-state index in [1.807, 2.05) is 43.0 Å². The van der Waals surface area contributed by atoms with Gasteiger partial charge in [-0.3, -0.25) is 0 Å². The van der Waals surface area contributed by atoms with Gasteiger partial charge < -0.3 is 9.64 Å². The summed E-state index contributed by atoms with van der Waals surface area (Å²) in [6.45, 7) is 7.76. The van der Waals surface area contributed by atoms with Gasteiger partial charge in [0.15, 0.2) is 0 Å². The standard InChI is InChI=1S/C15H19ClN4O/c1-4-11-7-9-12(10-8-11)21-15-18-13(16)17-14(19-15)20(5-2)6-3/h7-10H,4-6H2,1-3H3. The molecule has 6 heteroatoms. The molecule has 1 aromatic carbocycles. The highest BCUT2D eigenvalue weighted by atomic mass is 35.5. The summed E-state index contributed by atoms with van der Waals surface area (Å²) < 4.78 is 5.67. The van der Waals surface area contributed by atoms with E-state index in [1.54, 1.807) is 0 Å². The molecule has 21 heavy (non-hydrogen) atoms. The highest BCUT2D eigenvalue weighted by Crippen LogP contribution is 2.21. The number of anilines is 1. The number of ether oxygens (including phenoxy) is 1. The molecule has 2 rings (SSSR count). The van der Waals surface area contributed by atoms with Crippen LogP contribution in [-0.4, -0.2) is 28.0 Å². The molecule has 1 aromatic heterocycles. The van der Waals surface area contributed by atoms with E-state index in [4.69, 9.17) is 16.3 Å². The molecule has 0 aliphatic heterocycles. The smallest absolute Gasteiger partial charge is 0.328 e. The minimum Gasteiger partial charge on any atom is -0.424 e. The number of nitrogens with zero attached hydrogens (tertiary/aromatic N) is 4. The van der Waals surface area contributed by atoms with Crippen LogP contribution in [0.2, 0.25) is 5.28 Å². The van der Waals surface area contributed by atoms with Crippen molar-refractivity contribution in [3.63, 3.8) is 0 Å². The fraction of sp³-hybridized carbons (Fsp3) is 0.400. The highest BCUT2D eigenvalue weighted by Gasteiger charge is 2.11. The predicted molar refractivity (Wildman–Crippen MR) is 84.3 cm³/mol. The first kappa shape index (κ1) is 15.5. The first-order chi connectivity index (χ1) is 10.2. The molecule has 0 saturated carbocycles. The Bertz CT molecular complexity index is 585. The lowest BCUT2D eigenvalue weighted by atomic mass is 10.2. The third-order valence-electron chi connectivity index (χ3n) is 3.16. The molecule has 0 amide bonds. The molecule has 0 spiro atoms. The fourth-order valence-electron chi connectivity index (χ4n) is 1.91. The van der Waals surface area contributed by atoms with Gasteiger partial charge in [0, 0.05) is 13.1 Å². The van der Waals surface area contributed by atoms with Crippen molar-refractivity contribution in [2.45, 2.75) is 27.2 Å². The summed E-state index contributed by atoms with van der Waals surface area (Å²) in [6.07, 6.45) is 0.990. The lowest BCUT2D eigenvalue weighted by Gasteiger charge is -2.18. The first-order valence-electron chi connectivity index (χ1n) is 7.09. The van der Waals surface area contributed by atoms with E-state index in [1.165, 1.54) is 5.56 Å². The first-order valence-corrected chi connectivity index (χ1v) is 7.47. The van der Waals surface area contributed by atoms with Crippen LogP contribution in [0.1, 0.15) is 26.3 Å².